The number of nitrogens with zero attached hydrogens (tertiary/aromatic N) is 4. The van der Waals surface area contributed by atoms with E-state index in [1.807, 2.05) is 29.3 Å². The standard InChI is InChI=1S/C18H23N5O2/c24-18(21-15-4-5-15)23-10-14(9-22-8-7-20-17(22)11-23)12-25-13-16-3-1-2-6-19-16/h1-3,6-8,14-15H,4-5,9-13H2,(H,21,24)/t14-/m0/s1. The molecule has 2 aromatic heterocycles. The SMILES string of the molecule is O=C(NC1CC1)N1Cc2nccn2C[C@H](COCc2ccccn2)C1. The minimum atomic E-state index is 0.00803. The third-order valence-corrected chi connectivity index (χ3v) is 4.59. The monoisotopic (exact) mass is 341 g/mol. The summed E-state index contributed by atoms with van der Waals surface area (Å²) in [6.07, 6.45) is 7.72. The first-order chi connectivity index (χ1) is 12.3. The smallest absolute Gasteiger partial charge is 0.318 e. The van der Waals surface area contributed by atoms with Crippen LogP contribution >= 0.6 is 0 Å². The van der Waals surface area contributed by atoms with Crippen LogP contribution in [0.15, 0.2) is 36.8 Å². The zero-order valence-corrected chi connectivity index (χ0v) is 14.2. The first-order valence-electron chi connectivity index (χ1n) is 8.81. The molecule has 0 unspecified atom stereocenters. The highest BCUT2D eigenvalue weighted by Crippen LogP contribution is 2.21. The zero-order chi connectivity index (χ0) is 17.1. The lowest BCUT2D eigenvalue weighted by atomic mass is 10.1. The summed E-state index contributed by atoms with van der Waals surface area (Å²) < 4.78 is 8.00. The first kappa shape index (κ1) is 16.1. The minimum absolute atomic E-state index is 0.00803. The van der Waals surface area contributed by atoms with Gasteiger partial charge in [-0.05, 0) is 25.0 Å². The molecule has 1 aliphatic carbocycles. The van der Waals surface area contributed by atoms with Gasteiger partial charge in [0.15, 0.2) is 0 Å². The Morgan fingerprint density at radius 2 is 2.16 bits per heavy atom. The molecule has 132 valence electrons. The van der Waals surface area contributed by atoms with Crippen molar-refractivity contribution in [2.45, 2.75) is 38.6 Å². The summed E-state index contributed by atoms with van der Waals surface area (Å²) in [5.41, 5.74) is 0.919. The molecule has 7 nitrogen and oxygen atoms in total. The van der Waals surface area contributed by atoms with Crippen molar-refractivity contribution in [3.8, 4) is 0 Å². The molecule has 1 aliphatic heterocycles. The Hall–Kier alpha value is -2.41. The van der Waals surface area contributed by atoms with E-state index in [4.69, 9.17) is 4.74 Å². The highest BCUT2D eigenvalue weighted by molar-refractivity contribution is 5.74. The Morgan fingerprint density at radius 3 is 2.96 bits per heavy atom. The van der Waals surface area contributed by atoms with Crippen LogP contribution in [0.2, 0.25) is 0 Å². The molecule has 0 saturated heterocycles. The zero-order valence-electron chi connectivity index (χ0n) is 14.2. The molecule has 2 aliphatic rings. The van der Waals surface area contributed by atoms with E-state index in [2.05, 4.69) is 19.9 Å². The fourth-order valence-corrected chi connectivity index (χ4v) is 3.11. The van der Waals surface area contributed by atoms with E-state index in [9.17, 15) is 4.79 Å². The van der Waals surface area contributed by atoms with E-state index in [1.54, 1.807) is 12.4 Å². The van der Waals surface area contributed by atoms with Crippen molar-refractivity contribution >= 4 is 6.03 Å². The summed E-state index contributed by atoms with van der Waals surface area (Å²) in [6.45, 7) is 3.10. The highest BCUT2D eigenvalue weighted by atomic mass is 16.5. The van der Waals surface area contributed by atoms with Gasteiger partial charge in [-0.3, -0.25) is 4.98 Å². The molecule has 1 atom stereocenters. The van der Waals surface area contributed by atoms with Crippen molar-refractivity contribution in [2.75, 3.05) is 13.2 Å². The van der Waals surface area contributed by atoms with E-state index in [-0.39, 0.29) is 11.9 Å². The first-order valence-corrected chi connectivity index (χ1v) is 8.81. The lowest BCUT2D eigenvalue weighted by Gasteiger charge is -2.24. The Labute approximate surface area is 147 Å². The van der Waals surface area contributed by atoms with Crippen LogP contribution in [-0.4, -0.2) is 44.7 Å². The number of amides is 2. The number of pyridine rings is 1. The van der Waals surface area contributed by atoms with Crippen molar-refractivity contribution in [1.29, 1.82) is 0 Å². The average molecular weight is 341 g/mol. The number of ether oxygens (including phenoxy) is 1. The molecule has 4 rings (SSSR count). The molecule has 7 heteroatoms. The Bertz CT molecular complexity index is 713. The van der Waals surface area contributed by atoms with Crippen LogP contribution in [0.25, 0.3) is 0 Å². The lowest BCUT2D eigenvalue weighted by Crippen LogP contribution is -2.43. The molecular formula is C18H23N5O2. The maximum Gasteiger partial charge on any atom is 0.318 e. The molecule has 3 heterocycles. The quantitative estimate of drug-likeness (QED) is 0.900. The molecule has 0 bridgehead atoms. The molecule has 0 aromatic carbocycles. The maximum absolute atomic E-state index is 12.5. The number of rotatable bonds is 5. The lowest BCUT2D eigenvalue weighted by molar-refractivity contribution is 0.0701. The van der Waals surface area contributed by atoms with Crippen LogP contribution in [0.4, 0.5) is 4.79 Å². The van der Waals surface area contributed by atoms with Gasteiger partial charge in [0.2, 0.25) is 0 Å². The van der Waals surface area contributed by atoms with Crippen LogP contribution in [0.5, 0.6) is 0 Å². The van der Waals surface area contributed by atoms with Crippen molar-refractivity contribution in [2.24, 2.45) is 5.92 Å². The van der Waals surface area contributed by atoms with Crippen molar-refractivity contribution in [1.82, 2.24) is 24.8 Å². The number of nitrogens with one attached hydrogen (secondary N) is 1. The van der Waals surface area contributed by atoms with Gasteiger partial charge in [0.05, 0.1) is 25.5 Å². The molecular weight excluding hydrogens is 318 g/mol. The number of hydrogen-bond acceptors (Lipinski definition) is 4. The Balaban J connectivity index is 1.38. The molecule has 2 amide bonds. The van der Waals surface area contributed by atoms with Crippen molar-refractivity contribution in [3.05, 3.63) is 48.3 Å². The topological polar surface area (TPSA) is 72.3 Å². The van der Waals surface area contributed by atoms with E-state index >= 15 is 0 Å². The summed E-state index contributed by atoms with van der Waals surface area (Å²) in [5.74, 6) is 1.15. The van der Waals surface area contributed by atoms with Crippen LogP contribution in [0.3, 0.4) is 0 Å². The molecule has 2 aromatic rings. The summed E-state index contributed by atoms with van der Waals surface area (Å²) in [6, 6.07) is 6.17. The van der Waals surface area contributed by atoms with Crippen LogP contribution in [-0.2, 0) is 24.4 Å². The minimum Gasteiger partial charge on any atom is -0.375 e. The molecule has 1 N–H and O–H groups in total. The number of carbonyl (C=O) groups excluding carboxylic acids is 1. The molecule has 1 fully saturated rings. The maximum atomic E-state index is 12.5. The number of imidazole rings is 1. The normalized spacial score (nSPS) is 20.0. The Kier molecular flexibility index (Phi) is 4.65. The number of carbonyl (C=O) groups is 1. The van der Waals surface area contributed by atoms with Gasteiger partial charge in [0.1, 0.15) is 5.82 Å². The molecule has 1 saturated carbocycles. The van der Waals surface area contributed by atoms with Gasteiger partial charge in [-0.15, -0.1) is 0 Å². The molecule has 0 spiro atoms. The van der Waals surface area contributed by atoms with E-state index < -0.39 is 0 Å². The number of hydrogen-bond donors (Lipinski definition) is 1. The summed E-state index contributed by atoms with van der Waals surface area (Å²) in [5, 5.41) is 3.08. The van der Waals surface area contributed by atoms with Crippen molar-refractivity contribution in [3.63, 3.8) is 0 Å². The second-order valence-electron chi connectivity index (χ2n) is 6.80. The number of fused-ring (bicyclic) bond motifs is 1. The third kappa shape index (κ3) is 4.17. The predicted octanol–water partition coefficient (Wildman–Crippen LogP) is 1.80. The number of aromatic nitrogens is 3. The fraction of sp³-hybridized carbons (Fsp3) is 0.500. The van der Waals surface area contributed by atoms with Gasteiger partial charge in [0.25, 0.3) is 0 Å². The summed E-state index contributed by atoms with van der Waals surface area (Å²) in [4.78, 5) is 23.0. The van der Waals surface area contributed by atoms with Crippen LogP contribution in [0, 0.1) is 5.92 Å². The fourth-order valence-electron chi connectivity index (χ4n) is 3.11. The van der Waals surface area contributed by atoms with Gasteiger partial charge in [-0.25, -0.2) is 9.78 Å². The van der Waals surface area contributed by atoms with Crippen molar-refractivity contribution < 1.29 is 9.53 Å². The number of urea groups is 1. The van der Waals surface area contributed by atoms with E-state index in [0.717, 1.165) is 30.9 Å². The van der Waals surface area contributed by atoms with E-state index in [0.29, 0.717) is 32.3 Å². The van der Waals surface area contributed by atoms with E-state index in [1.165, 1.54) is 0 Å². The molecule has 25 heavy (non-hydrogen) atoms. The average Bonchev–Trinajstić information content (AvgIpc) is 3.37. The molecule has 0 radical (unpaired) electrons. The predicted molar refractivity (Wildman–Crippen MR) is 91.6 cm³/mol. The van der Waals surface area contributed by atoms with Crippen LogP contribution in [0.1, 0.15) is 24.4 Å². The Morgan fingerprint density at radius 1 is 1.24 bits per heavy atom. The van der Waals surface area contributed by atoms with Gasteiger partial charge < -0.3 is 19.5 Å². The second kappa shape index (κ2) is 7.23. The highest BCUT2D eigenvalue weighted by Gasteiger charge is 2.29. The van der Waals surface area contributed by atoms with Gasteiger partial charge in [0, 0.05) is 43.6 Å². The summed E-state index contributed by atoms with van der Waals surface area (Å²) in [7, 11) is 0. The summed E-state index contributed by atoms with van der Waals surface area (Å²) >= 11 is 0. The largest absolute Gasteiger partial charge is 0.375 e. The third-order valence-electron chi connectivity index (χ3n) is 4.59. The van der Waals surface area contributed by atoms with Gasteiger partial charge in [-0.2, -0.15) is 0 Å². The van der Waals surface area contributed by atoms with Gasteiger partial charge >= 0.3 is 6.03 Å². The van der Waals surface area contributed by atoms with Crippen LogP contribution < -0.4 is 5.32 Å². The second-order valence-corrected chi connectivity index (χ2v) is 6.80. The van der Waals surface area contributed by atoms with Gasteiger partial charge in [-0.1, -0.05) is 6.07 Å².